The Labute approximate surface area is 201 Å². The zero-order valence-electron chi connectivity index (χ0n) is 17.8. The first kappa shape index (κ1) is 23.3. The van der Waals surface area contributed by atoms with Gasteiger partial charge in [0.25, 0.3) is 5.91 Å². The molecule has 2 aromatic rings. The van der Waals surface area contributed by atoms with Gasteiger partial charge in [-0.1, -0.05) is 18.2 Å². The van der Waals surface area contributed by atoms with E-state index in [9.17, 15) is 19.2 Å². The molecule has 7 nitrogen and oxygen atoms in total. The van der Waals surface area contributed by atoms with Gasteiger partial charge in [0.05, 0.1) is 33.8 Å². The van der Waals surface area contributed by atoms with Crippen molar-refractivity contribution in [2.24, 2.45) is 11.8 Å². The van der Waals surface area contributed by atoms with E-state index in [-0.39, 0.29) is 28.1 Å². The first-order valence-corrected chi connectivity index (χ1v) is 11.4. The summed E-state index contributed by atoms with van der Waals surface area (Å²) in [6, 6.07) is 13.2. The van der Waals surface area contributed by atoms with Gasteiger partial charge in [0.1, 0.15) is 0 Å². The monoisotopic (exact) mass is 488 g/mol. The number of amides is 3. The van der Waals surface area contributed by atoms with Gasteiger partial charge in [-0.2, -0.15) is 0 Å². The first-order chi connectivity index (χ1) is 15.8. The van der Waals surface area contributed by atoms with Gasteiger partial charge >= 0.3 is 5.97 Å². The second kappa shape index (κ2) is 9.53. The molecule has 1 saturated heterocycles. The maximum absolute atomic E-state index is 12.8. The van der Waals surface area contributed by atoms with Gasteiger partial charge in [-0.05, 0) is 55.7 Å². The Morgan fingerprint density at radius 1 is 0.970 bits per heavy atom. The van der Waals surface area contributed by atoms with Crippen LogP contribution in [0.3, 0.4) is 0 Å². The van der Waals surface area contributed by atoms with Crippen LogP contribution in [0.5, 0.6) is 0 Å². The summed E-state index contributed by atoms with van der Waals surface area (Å²) in [5.74, 6) is -2.72. The highest BCUT2D eigenvalue weighted by atomic mass is 35.5. The molecule has 0 aromatic heterocycles. The molecule has 1 aliphatic heterocycles. The van der Waals surface area contributed by atoms with Crippen molar-refractivity contribution in [3.05, 3.63) is 59.7 Å². The first-order valence-electron chi connectivity index (χ1n) is 10.5. The minimum Gasteiger partial charge on any atom is -0.452 e. The van der Waals surface area contributed by atoms with Crippen LogP contribution in [0.15, 0.2) is 48.5 Å². The number of halogens is 2. The van der Waals surface area contributed by atoms with E-state index in [0.29, 0.717) is 24.2 Å². The van der Waals surface area contributed by atoms with Crippen LogP contribution in [-0.2, 0) is 19.1 Å². The van der Waals surface area contributed by atoms with Gasteiger partial charge in [0.2, 0.25) is 11.8 Å². The van der Waals surface area contributed by atoms with Gasteiger partial charge in [-0.25, -0.2) is 4.79 Å². The molecule has 1 aliphatic carbocycles. The number of esters is 1. The predicted octanol–water partition coefficient (Wildman–Crippen LogP) is 3.90. The highest BCUT2D eigenvalue weighted by molar-refractivity contribution is 6.31. The van der Waals surface area contributed by atoms with Crippen LogP contribution >= 0.6 is 23.2 Å². The Morgan fingerprint density at radius 2 is 1.55 bits per heavy atom. The van der Waals surface area contributed by atoms with Crippen LogP contribution in [0, 0.1) is 18.8 Å². The molecule has 3 amide bonds. The number of nitrogens with zero attached hydrogens (tertiary/aromatic N) is 1. The number of alkyl halides is 2. The maximum atomic E-state index is 12.8. The zero-order valence-corrected chi connectivity index (χ0v) is 19.3. The molecule has 0 spiro atoms. The van der Waals surface area contributed by atoms with Gasteiger partial charge in [0, 0.05) is 5.69 Å². The third-order valence-corrected chi connectivity index (χ3v) is 7.12. The Morgan fingerprint density at radius 3 is 2.12 bits per heavy atom. The van der Waals surface area contributed by atoms with Gasteiger partial charge in [0.15, 0.2) is 6.61 Å². The number of imide groups is 1. The number of hydrogen-bond donors (Lipinski definition) is 1. The van der Waals surface area contributed by atoms with E-state index in [2.05, 4.69) is 5.32 Å². The number of nitrogens with one attached hydrogen (secondary N) is 1. The molecule has 1 saturated carbocycles. The van der Waals surface area contributed by atoms with E-state index in [1.165, 1.54) is 24.3 Å². The van der Waals surface area contributed by atoms with Crippen LogP contribution in [-0.4, -0.2) is 41.1 Å². The smallest absolute Gasteiger partial charge is 0.338 e. The number of benzene rings is 2. The third-order valence-electron chi connectivity index (χ3n) is 6.03. The fourth-order valence-corrected chi connectivity index (χ4v) is 4.80. The number of hydrogen-bond acceptors (Lipinski definition) is 5. The topological polar surface area (TPSA) is 92.8 Å². The largest absolute Gasteiger partial charge is 0.452 e. The van der Waals surface area contributed by atoms with Crippen molar-refractivity contribution in [2.45, 2.75) is 30.5 Å². The Balaban J connectivity index is 1.37. The number of carbonyl (C=O) groups is 4. The SMILES string of the molecule is Cc1ccccc1NC(=O)COC(=O)c1ccc(N2C(=O)[C@@H]3C[C@H](Cl)[C@@H](Cl)C[C@H]3C2=O)cc1. The van der Waals surface area contributed by atoms with E-state index in [1.807, 2.05) is 19.1 Å². The van der Waals surface area contributed by atoms with Crippen LogP contribution in [0.2, 0.25) is 0 Å². The van der Waals surface area contributed by atoms with Crippen LogP contribution < -0.4 is 10.2 Å². The molecule has 2 aliphatic rings. The van der Waals surface area contributed by atoms with Gasteiger partial charge in [-0.3, -0.25) is 19.3 Å². The Kier molecular flexibility index (Phi) is 6.72. The van der Waals surface area contributed by atoms with Crippen molar-refractivity contribution in [3.8, 4) is 0 Å². The summed E-state index contributed by atoms with van der Waals surface area (Å²) in [4.78, 5) is 51.2. The molecule has 0 unspecified atom stereocenters. The maximum Gasteiger partial charge on any atom is 0.338 e. The molecule has 0 radical (unpaired) electrons. The molecule has 9 heteroatoms. The minimum absolute atomic E-state index is 0.195. The second-order valence-electron chi connectivity index (χ2n) is 8.21. The van der Waals surface area contributed by atoms with Gasteiger partial charge in [-0.15, -0.1) is 23.2 Å². The van der Waals surface area contributed by atoms with Crippen LogP contribution in [0.4, 0.5) is 11.4 Å². The standard InChI is InChI=1S/C24H22Cl2N2O5/c1-13-4-2-3-5-20(13)27-21(29)12-33-24(32)14-6-8-15(9-7-14)28-22(30)16-10-18(25)19(26)11-17(16)23(28)31/h2-9,16-19H,10-12H2,1H3,(H,27,29)/t16-,17-,18+,19+/m1/s1. The summed E-state index contributed by atoms with van der Waals surface area (Å²) in [6.45, 7) is 1.41. The molecule has 0 bridgehead atoms. The summed E-state index contributed by atoms with van der Waals surface area (Å²) < 4.78 is 5.08. The predicted molar refractivity (Wildman–Crippen MR) is 125 cm³/mol. The average Bonchev–Trinajstić information content (AvgIpc) is 3.03. The van der Waals surface area contributed by atoms with Crippen molar-refractivity contribution >= 4 is 58.3 Å². The van der Waals surface area contributed by atoms with Crippen molar-refractivity contribution in [1.82, 2.24) is 0 Å². The zero-order chi connectivity index (χ0) is 23.7. The van der Waals surface area contributed by atoms with Crippen molar-refractivity contribution in [3.63, 3.8) is 0 Å². The van der Waals surface area contributed by atoms with Crippen LogP contribution in [0.25, 0.3) is 0 Å². The average molecular weight is 489 g/mol. The minimum atomic E-state index is -0.691. The lowest BCUT2D eigenvalue weighted by Gasteiger charge is -2.28. The van der Waals surface area contributed by atoms with E-state index >= 15 is 0 Å². The molecule has 4 rings (SSSR count). The second-order valence-corrected chi connectivity index (χ2v) is 9.34. The lowest BCUT2D eigenvalue weighted by atomic mass is 9.80. The highest BCUT2D eigenvalue weighted by Crippen LogP contribution is 2.43. The summed E-state index contributed by atoms with van der Waals surface area (Å²) in [5, 5.41) is 1.97. The van der Waals surface area contributed by atoms with Crippen LogP contribution in [0.1, 0.15) is 28.8 Å². The molecule has 172 valence electrons. The van der Waals surface area contributed by atoms with Crippen molar-refractivity contribution in [1.29, 1.82) is 0 Å². The number of ether oxygens (including phenoxy) is 1. The Hall–Kier alpha value is -2.90. The fourth-order valence-electron chi connectivity index (χ4n) is 4.21. The van der Waals surface area contributed by atoms with E-state index in [1.54, 1.807) is 12.1 Å². The molecule has 4 atom stereocenters. The van der Waals surface area contributed by atoms with Crippen molar-refractivity contribution in [2.75, 3.05) is 16.8 Å². The number of fused-ring (bicyclic) bond motifs is 1. The molecule has 2 fully saturated rings. The summed E-state index contributed by atoms with van der Waals surface area (Å²) in [6.07, 6.45) is 0.715. The molecule has 33 heavy (non-hydrogen) atoms. The normalized spacial score (nSPS) is 24.4. The van der Waals surface area contributed by atoms with E-state index in [0.717, 1.165) is 10.5 Å². The third kappa shape index (κ3) is 4.75. The molecular formula is C24H22Cl2N2O5. The number of aryl methyl sites for hydroxylation is 1. The quantitative estimate of drug-likeness (QED) is 0.391. The van der Waals surface area contributed by atoms with Gasteiger partial charge < -0.3 is 10.1 Å². The lowest BCUT2D eigenvalue weighted by molar-refractivity contribution is -0.122. The number of carbonyl (C=O) groups excluding carboxylic acids is 4. The van der Waals surface area contributed by atoms with E-state index < -0.39 is 30.3 Å². The molecule has 2 aromatic carbocycles. The summed E-state index contributed by atoms with van der Waals surface area (Å²) in [7, 11) is 0. The molecular weight excluding hydrogens is 467 g/mol. The number of para-hydroxylation sites is 1. The lowest BCUT2D eigenvalue weighted by Crippen LogP contribution is -2.34. The summed E-state index contributed by atoms with van der Waals surface area (Å²) in [5.41, 5.74) is 2.09. The Bertz CT molecular complexity index is 1080. The number of rotatable bonds is 5. The summed E-state index contributed by atoms with van der Waals surface area (Å²) >= 11 is 12.4. The van der Waals surface area contributed by atoms with E-state index in [4.69, 9.17) is 27.9 Å². The molecule has 1 heterocycles. The fraction of sp³-hybridized carbons (Fsp3) is 0.333. The highest BCUT2D eigenvalue weighted by Gasteiger charge is 2.52. The number of anilines is 2. The van der Waals surface area contributed by atoms with Crippen molar-refractivity contribution < 1.29 is 23.9 Å². The molecule has 1 N–H and O–H groups in total.